The van der Waals surface area contributed by atoms with Gasteiger partial charge in [0, 0.05) is 49.7 Å². The number of aromatic nitrogens is 4. The Hall–Kier alpha value is -4.34. The summed E-state index contributed by atoms with van der Waals surface area (Å²) >= 11 is 3.22. The van der Waals surface area contributed by atoms with Gasteiger partial charge in [-0.25, -0.2) is 19.0 Å². The first-order valence-electron chi connectivity index (χ1n) is 17.8. The lowest BCUT2D eigenvalue weighted by atomic mass is 9.96. The summed E-state index contributed by atoms with van der Waals surface area (Å²) in [4.78, 5) is 36.5. The number of benzene rings is 2. The van der Waals surface area contributed by atoms with Gasteiger partial charge in [0.25, 0.3) is 0 Å². The molecule has 0 saturated heterocycles. The smallest absolute Gasteiger partial charge is 0.319 e. The van der Waals surface area contributed by atoms with Crippen LogP contribution in [0.15, 0.2) is 58.5 Å². The van der Waals surface area contributed by atoms with Crippen molar-refractivity contribution < 1.29 is 9.59 Å². The van der Waals surface area contributed by atoms with Crippen LogP contribution in [0.1, 0.15) is 64.2 Å². The van der Waals surface area contributed by atoms with Crippen molar-refractivity contribution in [2.75, 3.05) is 37.8 Å². The summed E-state index contributed by atoms with van der Waals surface area (Å²) in [5, 5.41) is 19.3. The highest BCUT2D eigenvalue weighted by Crippen LogP contribution is 2.25. The van der Waals surface area contributed by atoms with Crippen LogP contribution >= 0.6 is 22.7 Å². The molecule has 0 aliphatic heterocycles. The minimum absolute atomic E-state index is 0.191. The summed E-state index contributed by atoms with van der Waals surface area (Å²) in [6.07, 6.45) is 12.5. The number of aryl methyl sites for hydroxylation is 2. The van der Waals surface area contributed by atoms with Crippen molar-refractivity contribution in [3.05, 3.63) is 58.1 Å². The van der Waals surface area contributed by atoms with E-state index in [2.05, 4.69) is 26.1 Å². The first-order valence-corrected chi connectivity index (χ1v) is 19.4. The van der Waals surface area contributed by atoms with Crippen LogP contribution in [-0.4, -0.2) is 75.8 Å². The van der Waals surface area contributed by atoms with Gasteiger partial charge < -0.3 is 26.6 Å². The van der Waals surface area contributed by atoms with Crippen LogP contribution in [0.2, 0.25) is 0 Å². The number of likely N-dealkylation sites (N-methyl/N-ethyl adjacent to an activating group) is 1. The highest BCUT2D eigenvalue weighted by molar-refractivity contribution is 7.12. The molecule has 0 spiro atoms. The van der Waals surface area contributed by atoms with E-state index < -0.39 is 6.03 Å². The molecule has 0 radical (unpaired) electrons. The first-order chi connectivity index (χ1) is 24.6. The van der Waals surface area contributed by atoms with E-state index in [-0.39, 0.29) is 6.03 Å². The zero-order valence-electron chi connectivity index (χ0n) is 30.1. The molecule has 274 valence electrons. The number of carbonyl (C=O) groups is 2. The van der Waals surface area contributed by atoms with E-state index in [0.717, 1.165) is 43.0 Å². The van der Waals surface area contributed by atoms with E-state index in [1.54, 1.807) is 22.7 Å². The lowest BCUT2D eigenvalue weighted by molar-refractivity contribution is 0.250. The van der Waals surface area contributed by atoms with E-state index in [1.807, 2.05) is 91.0 Å². The second-order valence-corrected chi connectivity index (χ2v) is 15.2. The largest absolute Gasteiger partial charge is 0.351 e. The highest BCUT2D eigenvalue weighted by atomic mass is 32.1. The summed E-state index contributed by atoms with van der Waals surface area (Å²) in [7, 11) is 7.84. The maximum atomic E-state index is 11.9. The molecule has 2 saturated carbocycles. The summed E-state index contributed by atoms with van der Waals surface area (Å²) < 4.78 is 3.73. The van der Waals surface area contributed by atoms with Crippen LogP contribution in [0.4, 0.5) is 21.0 Å². The first kappa shape index (κ1) is 37.9. The third-order valence-electron chi connectivity index (χ3n) is 8.78. The highest BCUT2D eigenvalue weighted by Gasteiger charge is 2.15. The number of primary amides is 1. The van der Waals surface area contributed by atoms with Crippen molar-refractivity contribution in [3.63, 3.8) is 0 Å². The van der Waals surface area contributed by atoms with Crippen LogP contribution in [0.5, 0.6) is 0 Å². The number of nitrogens with zero attached hydrogens (tertiary/aromatic N) is 7. The van der Waals surface area contributed by atoms with Gasteiger partial charge >= 0.3 is 12.1 Å². The summed E-state index contributed by atoms with van der Waals surface area (Å²) in [6.45, 7) is 1.42. The van der Waals surface area contributed by atoms with Crippen molar-refractivity contribution in [1.82, 2.24) is 29.8 Å². The predicted molar refractivity (Wildman–Crippen MR) is 207 cm³/mol. The Morgan fingerprint density at radius 3 is 1.59 bits per heavy atom. The quantitative estimate of drug-likeness (QED) is 0.167. The van der Waals surface area contributed by atoms with Crippen LogP contribution in [-0.2, 0) is 14.1 Å². The van der Waals surface area contributed by atoms with Crippen LogP contribution in [0.3, 0.4) is 0 Å². The van der Waals surface area contributed by atoms with Gasteiger partial charge in [-0.1, -0.05) is 61.2 Å². The Labute approximate surface area is 307 Å². The Morgan fingerprint density at radius 1 is 0.745 bits per heavy atom. The zero-order valence-corrected chi connectivity index (χ0v) is 31.7. The van der Waals surface area contributed by atoms with E-state index in [1.165, 1.54) is 64.2 Å². The van der Waals surface area contributed by atoms with Crippen LogP contribution in [0.25, 0.3) is 21.1 Å². The molecule has 2 aromatic heterocycles. The molecule has 15 heteroatoms. The van der Waals surface area contributed by atoms with Gasteiger partial charge in [-0.05, 0) is 88.3 Å². The standard InChI is InChI=1S/C20H30N6OS.C16H21N5OS/c1-25(2)14-13-21-19(27)22-17-11-9-15(10-12-17)18-24-26(3)20(28-18)23-16-7-5-4-6-8-16;1-21-16(19-12-5-3-2-4-6-12)23-14(20-21)11-7-9-13(10-8-11)18-15(17)22/h9-12,16H,4-8,13-14H2,1-3H3,(H2,21,22,27);7-10,12H,2-6H2,1H3,(H3,17,18,22). The molecule has 13 nitrogen and oxygen atoms in total. The molecule has 6 rings (SSSR count). The van der Waals surface area contributed by atoms with Crippen molar-refractivity contribution >= 4 is 46.1 Å². The second kappa shape index (κ2) is 18.8. The molecule has 4 aromatic rings. The molecule has 0 atom stereocenters. The van der Waals surface area contributed by atoms with Crippen LogP contribution in [0, 0.1) is 0 Å². The summed E-state index contributed by atoms with van der Waals surface area (Å²) in [5.41, 5.74) is 8.59. The zero-order chi connectivity index (χ0) is 36.2. The van der Waals surface area contributed by atoms with E-state index in [0.29, 0.717) is 24.3 Å². The van der Waals surface area contributed by atoms with E-state index >= 15 is 0 Å². The van der Waals surface area contributed by atoms with Gasteiger partial charge in [-0.3, -0.25) is 9.98 Å². The fourth-order valence-corrected chi connectivity index (χ4v) is 7.92. The third-order valence-corrected chi connectivity index (χ3v) is 10.9. The number of urea groups is 2. The van der Waals surface area contributed by atoms with Crippen molar-refractivity contribution in [2.45, 2.75) is 76.3 Å². The fraction of sp³-hybridized carbons (Fsp3) is 0.500. The molecule has 0 bridgehead atoms. The normalized spacial score (nSPS) is 16.1. The third kappa shape index (κ3) is 11.9. The van der Waals surface area contributed by atoms with Gasteiger partial charge in [0.2, 0.25) is 9.60 Å². The number of anilines is 2. The fourth-order valence-electron chi connectivity index (χ4n) is 5.99. The van der Waals surface area contributed by atoms with Gasteiger partial charge in [-0.2, -0.15) is 10.2 Å². The number of nitrogens with one attached hydrogen (secondary N) is 3. The molecule has 4 amide bonds. The minimum Gasteiger partial charge on any atom is -0.351 e. The summed E-state index contributed by atoms with van der Waals surface area (Å²) in [6, 6.07) is 15.4. The molecule has 0 unspecified atom stereocenters. The van der Waals surface area contributed by atoms with Crippen LogP contribution < -0.4 is 31.3 Å². The summed E-state index contributed by atoms with van der Waals surface area (Å²) in [5.74, 6) is 0. The SMILES string of the molecule is CN(C)CCNC(=O)Nc1ccc(-c2nn(C)c(=NC3CCCCC3)s2)cc1.Cn1nc(-c2ccc(NC(N)=O)cc2)sc1=NC1CCCCC1. The van der Waals surface area contributed by atoms with Crippen molar-refractivity contribution in [2.24, 2.45) is 29.8 Å². The van der Waals surface area contributed by atoms with E-state index in [9.17, 15) is 9.59 Å². The van der Waals surface area contributed by atoms with Gasteiger partial charge in [0.05, 0.1) is 12.1 Å². The molecule has 2 heterocycles. The molecule has 2 aliphatic carbocycles. The Kier molecular flexibility index (Phi) is 13.9. The predicted octanol–water partition coefficient (Wildman–Crippen LogP) is 5.94. The molecular weight excluding hydrogens is 683 g/mol. The van der Waals surface area contributed by atoms with E-state index in [4.69, 9.17) is 15.7 Å². The minimum atomic E-state index is -0.563. The average Bonchev–Trinajstić information content (AvgIpc) is 3.67. The molecule has 51 heavy (non-hydrogen) atoms. The molecule has 2 fully saturated rings. The number of carbonyl (C=O) groups excluding carboxylic acids is 2. The molecule has 2 aliphatic rings. The topological polar surface area (TPSA) is 160 Å². The average molecular weight is 734 g/mol. The van der Waals surface area contributed by atoms with Gasteiger partial charge in [0.15, 0.2) is 0 Å². The maximum absolute atomic E-state index is 11.9. The van der Waals surface area contributed by atoms with Crippen molar-refractivity contribution in [1.29, 1.82) is 0 Å². The Bertz CT molecular complexity index is 1840. The number of nitrogens with two attached hydrogens (primary N) is 1. The number of hydrogen-bond acceptors (Lipinski definition) is 9. The molecular formula is C36H51N11O2S2. The lowest BCUT2D eigenvalue weighted by Crippen LogP contribution is -2.34. The monoisotopic (exact) mass is 733 g/mol. The van der Waals surface area contributed by atoms with Gasteiger partial charge in [-0.15, -0.1) is 0 Å². The lowest BCUT2D eigenvalue weighted by Gasteiger charge is -2.16. The number of rotatable bonds is 9. The number of amides is 4. The molecule has 2 aromatic carbocycles. The number of hydrogen-bond donors (Lipinski definition) is 4. The maximum Gasteiger partial charge on any atom is 0.319 e. The van der Waals surface area contributed by atoms with Crippen molar-refractivity contribution in [3.8, 4) is 21.1 Å². The van der Waals surface area contributed by atoms with Gasteiger partial charge in [0.1, 0.15) is 10.0 Å². The Balaban J connectivity index is 0.000000201. The Morgan fingerprint density at radius 2 is 1.18 bits per heavy atom. The molecule has 5 N–H and O–H groups in total. The second-order valence-electron chi connectivity index (χ2n) is 13.3.